The Labute approximate surface area is 114 Å². The Morgan fingerprint density at radius 2 is 2.00 bits per heavy atom. The number of hydrogen-bond donors (Lipinski definition) is 1. The van der Waals surface area contributed by atoms with Gasteiger partial charge >= 0.3 is 0 Å². The van der Waals surface area contributed by atoms with E-state index in [1.165, 1.54) is 0 Å². The maximum Gasteiger partial charge on any atom is 0.150 e. The lowest BCUT2D eigenvalue weighted by Crippen LogP contribution is -2.02. The summed E-state index contributed by atoms with van der Waals surface area (Å²) in [6.07, 6.45) is 3.48. The fourth-order valence-corrected chi connectivity index (χ4v) is 1.82. The fraction of sp³-hybridized carbons (Fsp3) is 0.0909. The summed E-state index contributed by atoms with van der Waals surface area (Å²) >= 11 is 17.6. The van der Waals surface area contributed by atoms with Gasteiger partial charge in [-0.3, -0.25) is 4.98 Å². The Hall–Kier alpha value is -1.03. The Morgan fingerprint density at radius 3 is 2.71 bits per heavy atom. The summed E-state index contributed by atoms with van der Waals surface area (Å²) in [6.45, 7) is 0.568. The maximum atomic E-state index is 5.98. The van der Waals surface area contributed by atoms with Gasteiger partial charge in [0.1, 0.15) is 11.0 Å². The first-order valence-electron chi connectivity index (χ1n) is 4.81. The third-order valence-corrected chi connectivity index (χ3v) is 3.03. The minimum atomic E-state index is 0.227. The van der Waals surface area contributed by atoms with Gasteiger partial charge in [0, 0.05) is 18.9 Å². The van der Waals surface area contributed by atoms with E-state index in [9.17, 15) is 0 Å². The Kier molecular flexibility index (Phi) is 4.05. The molecule has 0 bridgehead atoms. The highest BCUT2D eigenvalue weighted by Gasteiger charge is 2.07. The average molecular weight is 289 g/mol. The Bertz CT molecular complexity index is 517. The van der Waals surface area contributed by atoms with Crippen LogP contribution in [0.4, 0.5) is 5.82 Å². The topological polar surface area (TPSA) is 37.8 Å². The van der Waals surface area contributed by atoms with Crippen LogP contribution in [-0.4, -0.2) is 9.97 Å². The van der Waals surface area contributed by atoms with Crippen LogP contribution in [0.25, 0.3) is 0 Å². The third-order valence-electron chi connectivity index (χ3n) is 2.07. The first kappa shape index (κ1) is 12.4. The summed E-state index contributed by atoms with van der Waals surface area (Å²) in [4.78, 5) is 8.07. The monoisotopic (exact) mass is 287 g/mol. The molecule has 17 heavy (non-hydrogen) atoms. The molecule has 0 fully saturated rings. The predicted molar refractivity (Wildman–Crippen MR) is 70.8 cm³/mol. The van der Waals surface area contributed by atoms with Gasteiger partial charge in [-0.2, -0.15) is 0 Å². The Morgan fingerprint density at radius 1 is 1.18 bits per heavy atom. The quantitative estimate of drug-likeness (QED) is 0.866. The normalized spacial score (nSPS) is 10.3. The smallest absolute Gasteiger partial charge is 0.150 e. The van der Waals surface area contributed by atoms with E-state index in [1.807, 2.05) is 12.1 Å². The highest BCUT2D eigenvalue weighted by atomic mass is 35.5. The van der Waals surface area contributed by atoms with Crippen LogP contribution in [0, 0.1) is 0 Å². The summed E-state index contributed by atoms with van der Waals surface area (Å²) in [7, 11) is 0. The molecule has 0 aliphatic rings. The summed E-state index contributed by atoms with van der Waals surface area (Å²) in [5.74, 6) is 0.505. The zero-order chi connectivity index (χ0) is 12.3. The van der Waals surface area contributed by atoms with Crippen molar-refractivity contribution >= 4 is 40.6 Å². The number of halogens is 3. The van der Waals surface area contributed by atoms with E-state index in [4.69, 9.17) is 34.8 Å². The molecule has 6 heteroatoms. The second kappa shape index (κ2) is 5.54. The molecule has 3 nitrogen and oxygen atoms in total. The van der Waals surface area contributed by atoms with Crippen molar-refractivity contribution in [2.24, 2.45) is 0 Å². The molecule has 0 aliphatic heterocycles. The number of pyridine rings is 2. The standard InChI is InChI=1S/C11H8Cl3N3/c12-8-4-9(13)11(17-10(8)14)16-6-7-2-1-3-15-5-7/h1-5H,6H2,(H,16,17). The van der Waals surface area contributed by atoms with Crippen LogP contribution in [0.5, 0.6) is 0 Å². The summed E-state index contributed by atoms with van der Waals surface area (Å²) < 4.78 is 0. The van der Waals surface area contributed by atoms with Gasteiger partial charge in [-0.15, -0.1) is 0 Å². The van der Waals surface area contributed by atoms with Crippen molar-refractivity contribution in [3.63, 3.8) is 0 Å². The number of rotatable bonds is 3. The first-order chi connectivity index (χ1) is 8.16. The molecule has 0 radical (unpaired) electrons. The molecular formula is C11H8Cl3N3. The van der Waals surface area contributed by atoms with Gasteiger partial charge in [0.25, 0.3) is 0 Å². The summed E-state index contributed by atoms with van der Waals surface area (Å²) in [5.41, 5.74) is 1.02. The van der Waals surface area contributed by atoms with Crippen molar-refractivity contribution in [1.29, 1.82) is 0 Å². The number of hydrogen-bond acceptors (Lipinski definition) is 3. The molecular weight excluding hydrogens is 281 g/mol. The second-order valence-corrected chi connectivity index (χ2v) is 4.48. The first-order valence-corrected chi connectivity index (χ1v) is 5.94. The van der Waals surface area contributed by atoms with Gasteiger partial charge in [-0.1, -0.05) is 40.9 Å². The zero-order valence-electron chi connectivity index (χ0n) is 8.62. The van der Waals surface area contributed by atoms with E-state index in [2.05, 4.69) is 15.3 Å². The molecule has 1 N–H and O–H groups in total. The van der Waals surface area contributed by atoms with Crippen molar-refractivity contribution in [3.05, 3.63) is 51.4 Å². The van der Waals surface area contributed by atoms with E-state index in [1.54, 1.807) is 18.5 Å². The van der Waals surface area contributed by atoms with E-state index in [0.29, 0.717) is 22.4 Å². The molecule has 0 aliphatic carbocycles. The molecule has 2 aromatic rings. The summed E-state index contributed by atoms with van der Waals surface area (Å²) in [6, 6.07) is 5.37. The molecule has 0 spiro atoms. The van der Waals surface area contributed by atoms with E-state index < -0.39 is 0 Å². The molecule has 0 amide bonds. The van der Waals surface area contributed by atoms with Crippen LogP contribution in [0.2, 0.25) is 15.2 Å². The minimum absolute atomic E-state index is 0.227. The number of anilines is 1. The maximum absolute atomic E-state index is 5.98. The largest absolute Gasteiger partial charge is 0.365 e. The van der Waals surface area contributed by atoms with Crippen LogP contribution < -0.4 is 5.32 Å². The molecule has 2 heterocycles. The molecule has 2 aromatic heterocycles. The fourth-order valence-electron chi connectivity index (χ4n) is 1.26. The van der Waals surface area contributed by atoms with Gasteiger partial charge in [0.15, 0.2) is 0 Å². The highest BCUT2D eigenvalue weighted by Crippen LogP contribution is 2.28. The van der Waals surface area contributed by atoms with Gasteiger partial charge in [0.2, 0.25) is 0 Å². The van der Waals surface area contributed by atoms with E-state index in [0.717, 1.165) is 5.56 Å². The van der Waals surface area contributed by atoms with Crippen molar-refractivity contribution in [2.75, 3.05) is 5.32 Å². The molecule has 0 atom stereocenters. The SMILES string of the molecule is Clc1cc(Cl)c(NCc2cccnc2)nc1Cl. The molecule has 0 saturated carbocycles. The van der Waals surface area contributed by atoms with Gasteiger partial charge in [0.05, 0.1) is 10.0 Å². The highest BCUT2D eigenvalue weighted by molar-refractivity contribution is 6.42. The number of aromatic nitrogens is 2. The van der Waals surface area contributed by atoms with Crippen molar-refractivity contribution < 1.29 is 0 Å². The second-order valence-electron chi connectivity index (χ2n) is 3.31. The lowest BCUT2D eigenvalue weighted by molar-refractivity contribution is 1.09. The van der Waals surface area contributed by atoms with Crippen molar-refractivity contribution in [1.82, 2.24) is 9.97 Å². The summed E-state index contributed by atoms with van der Waals surface area (Å²) in [5, 5.41) is 4.07. The lowest BCUT2D eigenvalue weighted by Gasteiger charge is -2.08. The number of nitrogens with one attached hydrogen (secondary N) is 1. The lowest BCUT2D eigenvalue weighted by atomic mass is 10.3. The van der Waals surface area contributed by atoms with Crippen molar-refractivity contribution in [3.8, 4) is 0 Å². The third kappa shape index (κ3) is 3.22. The molecule has 0 aromatic carbocycles. The average Bonchev–Trinajstić information content (AvgIpc) is 2.33. The minimum Gasteiger partial charge on any atom is -0.365 e. The Balaban J connectivity index is 2.12. The van der Waals surface area contributed by atoms with Crippen LogP contribution in [0.15, 0.2) is 30.6 Å². The van der Waals surface area contributed by atoms with Crippen LogP contribution in [0.3, 0.4) is 0 Å². The zero-order valence-corrected chi connectivity index (χ0v) is 10.9. The molecule has 88 valence electrons. The molecule has 2 rings (SSSR count). The number of nitrogens with zero attached hydrogens (tertiary/aromatic N) is 2. The molecule has 0 unspecified atom stereocenters. The van der Waals surface area contributed by atoms with Crippen LogP contribution in [-0.2, 0) is 6.54 Å². The van der Waals surface area contributed by atoms with Crippen LogP contribution >= 0.6 is 34.8 Å². The predicted octanol–water partition coefficient (Wildman–Crippen LogP) is 4.05. The van der Waals surface area contributed by atoms with Gasteiger partial charge in [-0.05, 0) is 17.7 Å². The van der Waals surface area contributed by atoms with Gasteiger partial charge in [-0.25, -0.2) is 4.98 Å². The van der Waals surface area contributed by atoms with Crippen molar-refractivity contribution in [2.45, 2.75) is 6.54 Å². The van der Waals surface area contributed by atoms with Crippen LogP contribution in [0.1, 0.15) is 5.56 Å². The van der Waals surface area contributed by atoms with E-state index >= 15 is 0 Å². The molecule has 0 saturated heterocycles. The van der Waals surface area contributed by atoms with Gasteiger partial charge < -0.3 is 5.32 Å². The van der Waals surface area contributed by atoms with E-state index in [-0.39, 0.29) is 5.15 Å².